The molecule has 1 saturated carbocycles. The highest BCUT2D eigenvalue weighted by molar-refractivity contribution is 7.92. The molecule has 1 unspecified atom stereocenters. The molecule has 1 aliphatic rings. The fourth-order valence-electron chi connectivity index (χ4n) is 6.08. The first-order valence-corrected chi connectivity index (χ1v) is 17.8. The largest absolute Gasteiger partial charge is 0.416 e. The third kappa shape index (κ3) is 9.29. The maximum absolute atomic E-state index is 14.6. The van der Waals surface area contributed by atoms with Crippen LogP contribution in [-0.2, 0) is 38.8 Å². The molecule has 4 aromatic carbocycles. The van der Waals surface area contributed by atoms with Crippen LogP contribution < -0.4 is 9.62 Å². The fourth-order valence-corrected chi connectivity index (χ4v) is 7.49. The number of anilines is 1. The SMILES string of the molecule is Cc1ccc(S(=O)(=O)N(CC(=O)N(Cc2ccccc2)C(Cc2ccccc2)C(=O)NC2CCCCC2)c2cccc(C(F)(F)F)c2)cc1. The van der Waals surface area contributed by atoms with E-state index in [1.54, 1.807) is 43.3 Å². The smallest absolute Gasteiger partial charge is 0.352 e. The number of nitrogens with zero attached hydrogens (tertiary/aromatic N) is 2. The van der Waals surface area contributed by atoms with Crippen molar-refractivity contribution in [2.75, 3.05) is 10.8 Å². The second kappa shape index (κ2) is 15.7. The first kappa shape index (κ1) is 35.7. The molecule has 49 heavy (non-hydrogen) atoms. The summed E-state index contributed by atoms with van der Waals surface area (Å²) in [5.74, 6) is -1.11. The van der Waals surface area contributed by atoms with Crippen LogP contribution in [0, 0.1) is 6.92 Å². The van der Waals surface area contributed by atoms with E-state index in [-0.39, 0.29) is 35.5 Å². The lowest BCUT2D eigenvalue weighted by Gasteiger charge is -2.35. The summed E-state index contributed by atoms with van der Waals surface area (Å²) in [5.41, 5.74) is 0.888. The molecule has 1 fully saturated rings. The molecule has 5 rings (SSSR count). The van der Waals surface area contributed by atoms with E-state index < -0.39 is 40.3 Å². The van der Waals surface area contributed by atoms with Gasteiger partial charge in [-0.05, 0) is 61.2 Å². The summed E-state index contributed by atoms with van der Waals surface area (Å²) >= 11 is 0. The van der Waals surface area contributed by atoms with Crippen LogP contribution in [0.4, 0.5) is 18.9 Å². The number of rotatable bonds is 12. The van der Waals surface area contributed by atoms with Gasteiger partial charge in [0.15, 0.2) is 0 Å². The molecule has 0 heterocycles. The standard InChI is InChI=1S/C38H40F3N3O4S/c1-28-20-22-34(23-21-28)49(47,48)44(33-19-11-16-31(25-33)38(39,40)41)27-36(45)43(26-30-14-7-3-8-15-30)35(24-29-12-5-2-6-13-29)37(46)42-32-17-9-4-10-18-32/h2-3,5-8,11-16,19-23,25,32,35H,4,9-10,17-18,24,26-27H2,1H3,(H,42,46). The van der Waals surface area contributed by atoms with Crippen molar-refractivity contribution in [3.8, 4) is 0 Å². The highest BCUT2D eigenvalue weighted by Crippen LogP contribution is 2.33. The zero-order valence-electron chi connectivity index (χ0n) is 27.3. The number of amides is 2. The maximum Gasteiger partial charge on any atom is 0.416 e. The topological polar surface area (TPSA) is 86.8 Å². The normalized spacial score (nSPS) is 14.5. The van der Waals surface area contributed by atoms with Crippen LogP contribution in [0.5, 0.6) is 0 Å². The second-order valence-electron chi connectivity index (χ2n) is 12.4. The summed E-state index contributed by atoms with van der Waals surface area (Å²) < 4.78 is 70.6. The lowest BCUT2D eigenvalue weighted by Crippen LogP contribution is -2.55. The second-order valence-corrected chi connectivity index (χ2v) is 14.3. The molecule has 0 bridgehead atoms. The molecule has 4 aromatic rings. The summed E-state index contributed by atoms with van der Waals surface area (Å²) in [6.45, 7) is 0.903. The zero-order chi connectivity index (χ0) is 35.0. The third-order valence-corrected chi connectivity index (χ3v) is 10.6. The van der Waals surface area contributed by atoms with Gasteiger partial charge >= 0.3 is 6.18 Å². The lowest BCUT2D eigenvalue weighted by atomic mass is 9.94. The van der Waals surface area contributed by atoms with Crippen LogP contribution in [-0.4, -0.2) is 43.8 Å². The van der Waals surface area contributed by atoms with Gasteiger partial charge in [0.05, 0.1) is 16.1 Å². The van der Waals surface area contributed by atoms with Gasteiger partial charge in [-0.1, -0.05) is 104 Å². The molecule has 258 valence electrons. The van der Waals surface area contributed by atoms with E-state index in [0.717, 1.165) is 61.4 Å². The fraction of sp³-hybridized carbons (Fsp3) is 0.316. The summed E-state index contributed by atoms with van der Waals surface area (Å²) in [6.07, 6.45) is 0.0544. The van der Waals surface area contributed by atoms with E-state index >= 15 is 0 Å². The van der Waals surface area contributed by atoms with E-state index in [9.17, 15) is 31.2 Å². The number of sulfonamides is 1. The van der Waals surface area contributed by atoms with E-state index in [2.05, 4.69) is 5.32 Å². The predicted molar refractivity (Wildman–Crippen MR) is 183 cm³/mol. The zero-order valence-corrected chi connectivity index (χ0v) is 28.1. The molecule has 0 saturated heterocycles. The van der Waals surface area contributed by atoms with Crippen LogP contribution in [0.3, 0.4) is 0 Å². The van der Waals surface area contributed by atoms with Gasteiger partial charge in [0.2, 0.25) is 11.8 Å². The highest BCUT2D eigenvalue weighted by atomic mass is 32.2. The molecule has 0 spiro atoms. The van der Waals surface area contributed by atoms with Gasteiger partial charge in [-0.25, -0.2) is 8.42 Å². The number of hydrogen-bond donors (Lipinski definition) is 1. The average molecular weight is 692 g/mol. The van der Waals surface area contributed by atoms with E-state index in [4.69, 9.17) is 0 Å². The molecule has 0 radical (unpaired) electrons. The van der Waals surface area contributed by atoms with Gasteiger partial charge in [-0.3, -0.25) is 13.9 Å². The third-order valence-electron chi connectivity index (χ3n) is 8.77. The summed E-state index contributed by atoms with van der Waals surface area (Å²) in [7, 11) is -4.54. The van der Waals surface area contributed by atoms with E-state index in [0.29, 0.717) is 9.87 Å². The van der Waals surface area contributed by atoms with Crippen LogP contribution >= 0.6 is 0 Å². The molecule has 1 atom stereocenters. The monoisotopic (exact) mass is 691 g/mol. The highest BCUT2D eigenvalue weighted by Gasteiger charge is 2.37. The minimum atomic E-state index is -4.75. The number of nitrogens with one attached hydrogen (secondary N) is 1. The van der Waals surface area contributed by atoms with Crippen LogP contribution in [0.15, 0.2) is 114 Å². The number of benzene rings is 4. The number of aryl methyl sites for hydroxylation is 1. The Kier molecular flexibility index (Phi) is 11.4. The van der Waals surface area contributed by atoms with Crippen molar-refractivity contribution >= 4 is 27.5 Å². The average Bonchev–Trinajstić information content (AvgIpc) is 3.09. The quantitative estimate of drug-likeness (QED) is 0.169. The van der Waals surface area contributed by atoms with Gasteiger partial charge in [-0.2, -0.15) is 13.2 Å². The van der Waals surface area contributed by atoms with Crippen LogP contribution in [0.1, 0.15) is 54.4 Å². The summed E-state index contributed by atoms with van der Waals surface area (Å²) in [6, 6.07) is 26.9. The van der Waals surface area contributed by atoms with Crippen molar-refractivity contribution < 1.29 is 31.2 Å². The van der Waals surface area contributed by atoms with Crippen molar-refractivity contribution in [1.82, 2.24) is 10.2 Å². The van der Waals surface area contributed by atoms with Gasteiger partial charge < -0.3 is 10.2 Å². The van der Waals surface area contributed by atoms with Crippen molar-refractivity contribution in [2.24, 2.45) is 0 Å². The van der Waals surface area contributed by atoms with Crippen molar-refractivity contribution in [3.63, 3.8) is 0 Å². The molecule has 0 aliphatic heterocycles. The van der Waals surface area contributed by atoms with Crippen molar-refractivity contribution in [2.45, 2.75) is 75.1 Å². The molecule has 11 heteroatoms. The van der Waals surface area contributed by atoms with E-state index in [1.807, 2.05) is 36.4 Å². The number of carbonyl (C=O) groups is 2. The molecule has 0 aromatic heterocycles. The molecule has 1 N–H and O–H groups in total. The Hall–Kier alpha value is -4.64. The number of hydrogen-bond acceptors (Lipinski definition) is 4. The number of halogens is 3. The Bertz CT molecular complexity index is 1810. The minimum Gasteiger partial charge on any atom is -0.352 e. The Labute approximate surface area is 285 Å². The summed E-state index contributed by atoms with van der Waals surface area (Å²) in [5, 5.41) is 3.14. The Morgan fingerprint density at radius 1 is 0.816 bits per heavy atom. The molecule has 1 aliphatic carbocycles. The van der Waals surface area contributed by atoms with Gasteiger partial charge in [-0.15, -0.1) is 0 Å². The molecule has 7 nitrogen and oxygen atoms in total. The van der Waals surface area contributed by atoms with Gasteiger partial charge in [0, 0.05) is 19.0 Å². The van der Waals surface area contributed by atoms with Crippen LogP contribution in [0.2, 0.25) is 0 Å². The first-order valence-electron chi connectivity index (χ1n) is 16.4. The predicted octanol–water partition coefficient (Wildman–Crippen LogP) is 7.30. The summed E-state index contributed by atoms with van der Waals surface area (Å²) in [4.78, 5) is 29.9. The lowest BCUT2D eigenvalue weighted by molar-refractivity contribution is -0.140. The minimum absolute atomic E-state index is 0.0315. The van der Waals surface area contributed by atoms with Crippen molar-refractivity contribution in [3.05, 3.63) is 131 Å². The first-order chi connectivity index (χ1) is 23.4. The van der Waals surface area contributed by atoms with Gasteiger partial charge in [0.1, 0.15) is 12.6 Å². The van der Waals surface area contributed by atoms with Crippen molar-refractivity contribution in [1.29, 1.82) is 0 Å². The molecular weight excluding hydrogens is 651 g/mol. The molecule has 2 amide bonds. The Morgan fingerprint density at radius 2 is 1.43 bits per heavy atom. The Balaban J connectivity index is 1.58. The van der Waals surface area contributed by atoms with Gasteiger partial charge in [0.25, 0.3) is 10.0 Å². The maximum atomic E-state index is 14.6. The van der Waals surface area contributed by atoms with Crippen LogP contribution in [0.25, 0.3) is 0 Å². The number of carbonyl (C=O) groups excluding carboxylic acids is 2. The molecular formula is C38H40F3N3O4S. The number of alkyl halides is 3. The Morgan fingerprint density at radius 3 is 2.04 bits per heavy atom. The van der Waals surface area contributed by atoms with E-state index in [1.165, 1.54) is 23.1 Å².